The Balaban J connectivity index is 1.68. The molecule has 3 heterocycles. The topological polar surface area (TPSA) is 58.1 Å². The molecule has 1 N–H and O–H groups in total. The maximum Gasteiger partial charge on any atom is 0.265 e. The molecule has 24 heavy (non-hydrogen) atoms. The minimum absolute atomic E-state index is 0.0681. The van der Waals surface area contributed by atoms with Crippen molar-refractivity contribution < 1.29 is 4.79 Å². The van der Waals surface area contributed by atoms with Crippen molar-refractivity contribution in [2.24, 2.45) is 0 Å². The Kier molecular flexibility index (Phi) is 3.90. The number of rotatable bonds is 3. The highest BCUT2D eigenvalue weighted by atomic mass is 32.1. The molecule has 1 aromatic carbocycles. The number of nitrogens with zero attached hydrogens (tertiary/aromatic N) is 3. The van der Waals surface area contributed by atoms with Gasteiger partial charge in [0.1, 0.15) is 12.1 Å². The number of hydrogen-bond donors (Lipinski definition) is 1. The van der Waals surface area contributed by atoms with Crippen molar-refractivity contribution >= 4 is 39.7 Å². The summed E-state index contributed by atoms with van der Waals surface area (Å²) in [7, 11) is 0. The first-order valence-corrected chi connectivity index (χ1v) is 8.95. The fraction of sp³-hybridized carbons (Fsp3) is 0.278. The maximum absolute atomic E-state index is 12.4. The Bertz CT molecular complexity index is 899. The lowest BCUT2D eigenvalue weighted by atomic mass is 10.2. The van der Waals surface area contributed by atoms with Gasteiger partial charge in [-0.05, 0) is 55.0 Å². The third-order valence-corrected chi connectivity index (χ3v) is 5.36. The zero-order valence-corrected chi connectivity index (χ0v) is 14.3. The van der Waals surface area contributed by atoms with Crippen molar-refractivity contribution in [1.29, 1.82) is 0 Å². The van der Waals surface area contributed by atoms with Gasteiger partial charge in [-0.2, -0.15) is 0 Å². The highest BCUT2D eigenvalue weighted by Gasteiger charge is 2.17. The maximum atomic E-state index is 12.4. The quantitative estimate of drug-likeness (QED) is 0.788. The van der Waals surface area contributed by atoms with Crippen LogP contribution in [-0.2, 0) is 0 Å². The second-order valence-corrected chi connectivity index (χ2v) is 6.93. The zero-order chi connectivity index (χ0) is 16.5. The third kappa shape index (κ3) is 2.73. The molecule has 1 aliphatic rings. The molecule has 2 aromatic heterocycles. The number of thiophene rings is 1. The molecule has 122 valence electrons. The molecule has 1 fully saturated rings. The molecule has 3 aromatic rings. The van der Waals surface area contributed by atoms with Crippen molar-refractivity contribution in [2.75, 3.05) is 23.3 Å². The predicted molar refractivity (Wildman–Crippen MR) is 98.0 cm³/mol. The van der Waals surface area contributed by atoms with Gasteiger partial charge >= 0.3 is 0 Å². The van der Waals surface area contributed by atoms with Crippen LogP contribution in [-0.4, -0.2) is 29.0 Å². The molecule has 0 saturated carbocycles. The van der Waals surface area contributed by atoms with Gasteiger partial charge < -0.3 is 10.2 Å². The van der Waals surface area contributed by atoms with Crippen molar-refractivity contribution in [3.05, 3.63) is 46.4 Å². The smallest absolute Gasteiger partial charge is 0.265 e. The second-order valence-electron chi connectivity index (χ2n) is 6.01. The SMILES string of the molecule is Cc1ccsc1C(=O)Nc1ccc2ncnc(N3CCCC3)c2c1. The van der Waals surface area contributed by atoms with Crippen LogP contribution < -0.4 is 10.2 Å². The fourth-order valence-electron chi connectivity index (χ4n) is 3.09. The van der Waals surface area contributed by atoms with Gasteiger partial charge in [0.25, 0.3) is 5.91 Å². The van der Waals surface area contributed by atoms with E-state index in [0.29, 0.717) is 0 Å². The minimum Gasteiger partial charge on any atom is -0.356 e. The van der Waals surface area contributed by atoms with E-state index in [2.05, 4.69) is 20.2 Å². The van der Waals surface area contributed by atoms with Crippen LogP contribution in [0.3, 0.4) is 0 Å². The van der Waals surface area contributed by atoms with E-state index in [1.165, 1.54) is 24.2 Å². The van der Waals surface area contributed by atoms with Crippen LogP contribution in [0.4, 0.5) is 11.5 Å². The van der Waals surface area contributed by atoms with E-state index in [0.717, 1.165) is 45.9 Å². The summed E-state index contributed by atoms with van der Waals surface area (Å²) in [5.74, 6) is 0.891. The molecule has 0 aliphatic carbocycles. The van der Waals surface area contributed by atoms with Gasteiger partial charge in [0.15, 0.2) is 0 Å². The lowest BCUT2D eigenvalue weighted by molar-refractivity contribution is 0.103. The molecule has 5 nitrogen and oxygen atoms in total. The normalized spacial score (nSPS) is 14.3. The van der Waals surface area contributed by atoms with E-state index in [1.54, 1.807) is 6.33 Å². The summed E-state index contributed by atoms with van der Waals surface area (Å²) in [5, 5.41) is 5.91. The summed E-state index contributed by atoms with van der Waals surface area (Å²) in [6.07, 6.45) is 4.00. The molecular weight excluding hydrogens is 320 g/mol. The van der Waals surface area contributed by atoms with Crippen molar-refractivity contribution in [1.82, 2.24) is 9.97 Å². The average molecular weight is 338 g/mol. The molecule has 6 heteroatoms. The van der Waals surface area contributed by atoms with Crippen LogP contribution >= 0.6 is 11.3 Å². The lowest BCUT2D eigenvalue weighted by Gasteiger charge is -2.18. The summed E-state index contributed by atoms with van der Waals surface area (Å²) in [4.78, 5) is 24.3. The summed E-state index contributed by atoms with van der Waals surface area (Å²) in [5.41, 5.74) is 2.67. The first-order valence-electron chi connectivity index (χ1n) is 8.07. The third-order valence-electron chi connectivity index (χ3n) is 4.35. The van der Waals surface area contributed by atoms with Gasteiger partial charge in [-0.15, -0.1) is 11.3 Å². The van der Waals surface area contributed by atoms with Gasteiger partial charge in [0.05, 0.1) is 10.4 Å². The Labute approximate surface area is 144 Å². The predicted octanol–water partition coefficient (Wildman–Crippen LogP) is 3.85. The summed E-state index contributed by atoms with van der Waals surface area (Å²) in [6, 6.07) is 7.76. The van der Waals surface area contributed by atoms with Crippen molar-refractivity contribution in [3.63, 3.8) is 0 Å². The molecule has 1 amide bonds. The van der Waals surface area contributed by atoms with E-state index in [-0.39, 0.29) is 5.91 Å². The van der Waals surface area contributed by atoms with E-state index in [4.69, 9.17) is 0 Å². The van der Waals surface area contributed by atoms with Gasteiger partial charge in [0, 0.05) is 24.2 Å². The average Bonchev–Trinajstić information content (AvgIpc) is 3.25. The highest BCUT2D eigenvalue weighted by Crippen LogP contribution is 2.28. The van der Waals surface area contributed by atoms with E-state index in [1.807, 2.05) is 36.6 Å². The number of nitrogens with one attached hydrogen (secondary N) is 1. The number of aryl methyl sites for hydroxylation is 1. The molecule has 0 radical (unpaired) electrons. The Morgan fingerprint density at radius 1 is 1.21 bits per heavy atom. The number of carbonyl (C=O) groups is 1. The van der Waals surface area contributed by atoms with Crippen LogP contribution in [0.1, 0.15) is 28.1 Å². The number of fused-ring (bicyclic) bond motifs is 1. The molecule has 0 unspecified atom stereocenters. The van der Waals surface area contributed by atoms with Crippen molar-refractivity contribution in [3.8, 4) is 0 Å². The van der Waals surface area contributed by atoms with Gasteiger partial charge in [-0.3, -0.25) is 4.79 Å². The molecule has 0 atom stereocenters. The van der Waals surface area contributed by atoms with E-state index in [9.17, 15) is 4.79 Å². The zero-order valence-electron chi connectivity index (χ0n) is 13.5. The number of hydrogen-bond acceptors (Lipinski definition) is 5. The molecule has 0 spiro atoms. The van der Waals surface area contributed by atoms with Gasteiger partial charge in [-0.25, -0.2) is 9.97 Å². The molecule has 1 aliphatic heterocycles. The van der Waals surface area contributed by atoms with Crippen molar-refractivity contribution in [2.45, 2.75) is 19.8 Å². The molecule has 0 bridgehead atoms. The number of amides is 1. The minimum atomic E-state index is -0.0681. The summed E-state index contributed by atoms with van der Waals surface area (Å²) >= 11 is 1.46. The van der Waals surface area contributed by atoms with E-state index < -0.39 is 0 Å². The largest absolute Gasteiger partial charge is 0.356 e. The molecule has 1 saturated heterocycles. The Hall–Kier alpha value is -2.47. The monoisotopic (exact) mass is 338 g/mol. The fourth-order valence-corrected chi connectivity index (χ4v) is 3.92. The Morgan fingerprint density at radius 2 is 2.04 bits per heavy atom. The highest BCUT2D eigenvalue weighted by molar-refractivity contribution is 7.12. The Morgan fingerprint density at radius 3 is 2.79 bits per heavy atom. The standard InChI is InChI=1S/C18H18N4OS/c1-12-6-9-24-16(12)18(23)21-13-4-5-15-14(10-13)17(20-11-19-15)22-7-2-3-8-22/h4-6,9-11H,2-3,7-8H2,1H3,(H,21,23). The van der Waals surface area contributed by atoms with Crippen LogP contribution in [0.5, 0.6) is 0 Å². The van der Waals surface area contributed by atoms with Crippen LogP contribution in [0.15, 0.2) is 36.0 Å². The summed E-state index contributed by atoms with van der Waals surface area (Å²) in [6.45, 7) is 4.00. The van der Waals surface area contributed by atoms with Crippen LogP contribution in [0.25, 0.3) is 10.9 Å². The van der Waals surface area contributed by atoms with Gasteiger partial charge in [-0.1, -0.05) is 0 Å². The number of anilines is 2. The number of aromatic nitrogens is 2. The van der Waals surface area contributed by atoms with Gasteiger partial charge in [0.2, 0.25) is 0 Å². The van der Waals surface area contributed by atoms with E-state index >= 15 is 0 Å². The summed E-state index contributed by atoms with van der Waals surface area (Å²) < 4.78 is 0. The number of benzene rings is 1. The molecular formula is C18H18N4OS. The lowest BCUT2D eigenvalue weighted by Crippen LogP contribution is -2.19. The van der Waals surface area contributed by atoms with Crippen LogP contribution in [0, 0.1) is 6.92 Å². The number of carbonyl (C=O) groups excluding carboxylic acids is 1. The second kappa shape index (κ2) is 6.20. The first-order chi connectivity index (χ1) is 11.7. The van der Waals surface area contributed by atoms with Crippen LogP contribution in [0.2, 0.25) is 0 Å². The first kappa shape index (κ1) is 15.1. The molecule has 4 rings (SSSR count).